The van der Waals surface area contributed by atoms with Crippen LogP contribution in [0.4, 0.5) is 0 Å². The van der Waals surface area contributed by atoms with Crippen LogP contribution in [0.25, 0.3) is 6.08 Å². The molecule has 2 aromatic rings. The van der Waals surface area contributed by atoms with Crippen LogP contribution in [-0.4, -0.2) is 35.4 Å². The Labute approximate surface area is 179 Å². The summed E-state index contributed by atoms with van der Waals surface area (Å²) in [7, 11) is 0. The Balaban J connectivity index is 1.52. The number of halogens is 1. The van der Waals surface area contributed by atoms with E-state index in [1.165, 1.54) is 0 Å². The summed E-state index contributed by atoms with van der Waals surface area (Å²) in [6.07, 6.45) is 5.44. The summed E-state index contributed by atoms with van der Waals surface area (Å²) in [6.45, 7) is 0.514. The third-order valence-electron chi connectivity index (χ3n) is 5.36. The SMILES string of the molecule is O=C(CN1C(=O)/C(=C\c2ccccc2Cl)OC2CCCCC21)NCc1cccs1. The van der Waals surface area contributed by atoms with Crippen molar-refractivity contribution >= 4 is 40.8 Å². The Hall–Kier alpha value is -2.31. The van der Waals surface area contributed by atoms with Gasteiger partial charge in [0.1, 0.15) is 12.6 Å². The lowest BCUT2D eigenvalue weighted by Gasteiger charge is -2.44. The Morgan fingerprint density at radius 2 is 2.07 bits per heavy atom. The number of nitrogens with zero attached hydrogens (tertiary/aromatic N) is 1. The van der Waals surface area contributed by atoms with Crippen LogP contribution in [0.3, 0.4) is 0 Å². The van der Waals surface area contributed by atoms with E-state index in [4.69, 9.17) is 16.3 Å². The zero-order valence-corrected chi connectivity index (χ0v) is 17.5. The van der Waals surface area contributed by atoms with Crippen LogP contribution in [0.1, 0.15) is 36.1 Å². The van der Waals surface area contributed by atoms with Crippen molar-refractivity contribution in [2.45, 2.75) is 44.4 Å². The summed E-state index contributed by atoms with van der Waals surface area (Å²) < 4.78 is 6.07. The van der Waals surface area contributed by atoms with E-state index in [1.54, 1.807) is 28.4 Å². The fourth-order valence-corrected chi connectivity index (χ4v) is 4.74. The van der Waals surface area contributed by atoms with Crippen LogP contribution in [0, 0.1) is 0 Å². The molecule has 2 atom stereocenters. The lowest BCUT2D eigenvalue weighted by Crippen LogP contribution is -2.57. The van der Waals surface area contributed by atoms with Crippen molar-refractivity contribution in [1.29, 1.82) is 0 Å². The van der Waals surface area contributed by atoms with Crippen molar-refractivity contribution < 1.29 is 14.3 Å². The fraction of sp³-hybridized carbons (Fsp3) is 0.364. The van der Waals surface area contributed by atoms with E-state index in [0.29, 0.717) is 11.6 Å². The smallest absolute Gasteiger partial charge is 0.289 e. The maximum absolute atomic E-state index is 13.2. The molecule has 1 aromatic carbocycles. The van der Waals surface area contributed by atoms with Crippen molar-refractivity contribution in [2.24, 2.45) is 0 Å². The second kappa shape index (κ2) is 9.01. The zero-order chi connectivity index (χ0) is 20.2. The molecule has 2 unspecified atom stereocenters. The van der Waals surface area contributed by atoms with Crippen LogP contribution >= 0.6 is 22.9 Å². The summed E-state index contributed by atoms with van der Waals surface area (Å²) >= 11 is 7.85. The van der Waals surface area contributed by atoms with Gasteiger partial charge < -0.3 is 15.0 Å². The summed E-state index contributed by atoms with van der Waals surface area (Å²) in [5.74, 6) is -0.151. The number of hydrogen-bond acceptors (Lipinski definition) is 4. The average molecular weight is 431 g/mol. The standard InChI is InChI=1S/C22H23ClN2O3S/c23-17-8-2-1-6-15(17)12-20-22(27)25(18-9-3-4-10-19(18)28-20)14-21(26)24-13-16-7-5-11-29-16/h1-2,5-8,11-12,18-19H,3-4,9-10,13-14H2,(H,24,26)/b20-12+. The summed E-state index contributed by atoms with van der Waals surface area (Å²) in [6, 6.07) is 11.2. The molecule has 2 heterocycles. The first-order valence-corrected chi connectivity index (χ1v) is 11.1. The van der Waals surface area contributed by atoms with E-state index in [2.05, 4.69) is 5.32 Å². The van der Waals surface area contributed by atoms with E-state index in [1.807, 2.05) is 35.7 Å². The number of amides is 2. The highest BCUT2D eigenvalue weighted by molar-refractivity contribution is 7.09. The van der Waals surface area contributed by atoms with Crippen molar-refractivity contribution in [3.05, 3.63) is 63.0 Å². The summed E-state index contributed by atoms with van der Waals surface area (Å²) in [5, 5.41) is 5.45. The molecule has 0 bridgehead atoms. The number of thiophene rings is 1. The first kappa shape index (κ1) is 20.0. The molecule has 1 aromatic heterocycles. The molecule has 7 heteroatoms. The molecule has 4 rings (SSSR count). The molecular weight excluding hydrogens is 408 g/mol. The molecule has 2 amide bonds. The Kier molecular flexibility index (Phi) is 6.21. The number of ether oxygens (including phenoxy) is 1. The largest absolute Gasteiger partial charge is 0.482 e. The van der Waals surface area contributed by atoms with Gasteiger partial charge in [0.15, 0.2) is 5.76 Å². The molecule has 152 valence electrons. The lowest BCUT2D eigenvalue weighted by atomic mass is 9.89. The third-order valence-corrected chi connectivity index (χ3v) is 6.58. The Morgan fingerprint density at radius 1 is 1.24 bits per heavy atom. The predicted molar refractivity (Wildman–Crippen MR) is 114 cm³/mol. The first-order chi connectivity index (χ1) is 14.1. The maximum Gasteiger partial charge on any atom is 0.289 e. The maximum atomic E-state index is 13.2. The van der Waals surface area contributed by atoms with Gasteiger partial charge in [-0.1, -0.05) is 42.3 Å². The highest BCUT2D eigenvalue weighted by atomic mass is 35.5. The van der Waals surface area contributed by atoms with Crippen molar-refractivity contribution in [1.82, 2.24) is 10.2 Å². The summed E-state index contributed by atoms with van der Waals surface area (Å²) in [5.41, 5.74) is 0.730. The van der Waals surface area contributed by atoms with Gasteiger partial charge >= 0.3 is 0 Å². The number of hydrogen-bond donors (Lipinski definition) is 1. The first-order valence-electron chi connectivity index (χ1n) is 9.85. The number of benzene rings is 1. The van der Waals surface area contributed by atoms with Gasteiger partial charge in [0.25, 0.3) is 5.91 Å². The molecule has 1 saturated carbocycles. The minimum atomic E-state index is -0.251. The Morgan fingerprint density at radius 3 is 2.86 bits per heavy atom. The van der Waals surface area contributed by atoms with Gasteiger partial charge in [-0.3, -0.25) is 9.59 Å². The minimum Gasteiger partial charge on any atom is -0.482 e. The van der Waals surface area contributed by atoms with E-state index in [9.17, 15) is 9.59 Å². The van der Waals surface area contributed by atoms with Crippen molar-refractivity contribution in [3.63, 3.8) is 0 Å². The van der Waals surface area contributed by atoms with Gasteiger partial charge in [0, 0.05) is 9.90 Å². The highest BCUT2D eigenvalue weighted by Crippen LogP contribution is 2.33. The molecule has 1 N–H and O–H groups in total. The van der Waals surface area contributed by atoms with Crippen LogP contribution in [0.15, 0.2) is 47.5 Å². The van der Waals surface area contributed by atoms with Crippen LogP contribution < -0.4 is 5.32 Å². The molecule has 1 aliphatic heterocycles. The van der Waals surface area contributed by atoms with Crippen LogP contribution in [0.5, 0.6) is 0 Å². The third kappa shape index (κ3) is 4.65. The number of morpholine rings is 1. The molecule has 5 nitrogen and oxygen atoms in total. The monoisotopic (exact) mass is 430 g/mol. The molecule has 0 radical (unpaired) electrons. The molecule has 1 aliphatic carbocycles. The van der Waals surface area contributed by atoms with Crippen LogP contribution in [-0.2, 0) is 20.9 Å². The van der Waals surface area contributed by atoms with E-state index >= 15 is 0 Å². The second-order valence-electron chi connectivity index (χ2n) is 7.33. The van der Waals surface area contributed by atoms with E-state index < -0.39 is 0 Å². The van der Waals surface area contributed by atoms with Gasteiger partial charge in [-0.25, -0.2) is 0 Å². The van der Waals surface area contributed by atoms with Crippen molar-refractivity contribution in [2.75, 3.05) is 6.54 Å². The molecule has 1 saturated heterocycles. The average Bonchev–Trinajstić information content (AvgIpc) is 3.25. The zero-order valence-electron chi connectivity index (χ0n) is 16.0. The second-order valence-corrected chi connectivity index (χ2v) is 8.77. The molecule has 0 spiro atoms. The molecule has 29 heavy (non-hydrogen) atoms. The van der Waals surface area contributed by atoms with Gasteiger partial charge in [-0.15, -0.1) is 11.3 Å². The number of carbonyl (C=O) groups is 2. The molecule has 2 fully saturated rings. The minimum absolute atomic E-state index is 0.0363. The lowest BCUT2D eigenvalue weighted by molar-refractivity contribution is -0.151. The molecular formula is C22H23ClN2O3S. The Bertz CT molecular complexity index is 913. The predicted octanol–water partition coefficient (Wildman–Crippen LogP) is 4.23. The number of rotatable bonds is 5. The highest BCUT2D eigenvalue weighted by Gasteiger charge is 2.42. The quantitative estimate of drug-likeness (QED) is 0.722. The molecule has 2 aliphatic rings. The van der Waals surface area contributed by atoms with Gasteiger partial charge in [0.05, 0.1) is 12.6 Å². The summed E-state index contributed by atoms with van der Waals surface area (Å²) in [4.78, 5) is 28.5. The van der Waals surface area contributed by atoms with Crippen molar-refractivity contribution in [3.8, 4) is 0 Å². The van der Waals surface area contributed by atoms with Gasteiger partial charge in [-0.05, 0) is 48.4 Å². The van der Waals surface area contributed by atoms with Crippen LogP contribution in [0.2, 0.25) is 5.02 Å². The number of carbonyl (C=O) groups excluding carboxylic acids is 2. The van der Waals surface area contributed by atoms with E-state index in [0.717, 1.165) is 36.1 Å². The van der Waals surface area contributed by atoms with Gasteiger partial charge in [-0.2, -0.15) is 0 Å². The van der Waals surface area contributed by atoms with Gasteiger partial charge in [0.2, 0.25) is 5.91 Å². The number of fused-ring (bicyclic) bond motifs is 1. The number of nitrogens with one attached hydrogen (secondary N) is 1. The van der Waals surface area contributed by atoms with E-state index in [-0.39, 0.29) is 36.3 Å². The normalized spacial score (nSPS) is 22.9. The topological polar surface area (TPSA) is 58.6 Å². The fourth-order valence-electron chi connectivity index (χ4n) is 3.90.